The third-order valence-corrected chi connectivity index (χ3v) is 3.76. The summed E-state index contributed by atoms with van der Waals surface area (Å²) in [5, 5.41) is 23.4. The number of hydrogen-bond acceptors (Lipinski definition) is 3. The van der Waals surface area contributed by atoms with E-state index in [1.807, 2.05) is 13.8 Å². The molecule has 0 amide bonds. The van der Waals surface area contributed by atoms with Crippen molar-refractivity contribution in [2.24, 2.45) is 5.92 Å². The summed E-state index contributed by atoms with van der Waals surface area (Å²) in [6.45, 7) is 5.35. The van der Waals surface area contributed by atoms with Gasteiger partial charge >= 0.3 is 0 Å². The van der Waals surface area contributed by atoms with E-state index in [2.05, 4.69) is 5.32 Å². The van der Waals surface area contributed by atoms with Crippen molar-refractivity contribution >= 4 is 0 Å². The van der Waals surface area contributed by atoms with Gasteiger partial charge in [-0.3, -0.25) is 0 Å². The average molecular weight is 229 g/mol. The van der Waals surface area contributed by atoms with Gasteiger partial charge in [0.2, 0.25) is 0 Å². The zero-order chi connectivity index (χ0) is 12.0. The minimum absolute atomic E-state index is 0.373. The maximum absolute atomic E-state index is 10.4. The van der Waals surface area contributed by atoms with Gasteiger partial charge in [-0.15, -0.1) is 0 Å². The number of hydrogen-bond donors (Lipinski definition) is 3. The lowest BCUT2D eigenvalue weighted by molar-refractivity contribution is -0.0522. The van der Waals surface area contributed by atoms with Gasteiger partial charge in [0.05, 0.1) is 11.7 Å². The molecule has 0 aromatic carbocycles. The van der Waals surface area contributed by atoms with Gasteiger partial charge in [-0.2, -0.15) is 0 Å². The van der Waals surface area contributed by atoms with E-state index in [9.17, 15) is 10.2 Å². The van der Waals surface area contributed by atoms with Crippen molar-refractivity contribution in [1.82, 2.24) is 5.32 Å². The highest BCUT2D eigenvalue weighted by molar-refractivity contribution is 4.86. The Balaban J connectivity index is 2.36. The smallest absolute Gasteiger partial charge is 0.0691 e. The highest BCUT2D eigenvalue weighted by Gasteiger charge is 2.34. The van der Waals surface area contributed by atoms with Crippen LogP contribution in [-0.4, -0.2) is 35.0 Å². The third-order valence-electron chi connectivity index (χ3n) is 3.76. The number of aliphatic hydroxyl groups is 2. The quantitative estimate of drug-likeness (QED) is 0.649. The molecule has 1 aliphatic rings. The van der Waals surface area contributed by atoms with Crippen molar-refractivity contribution in [3.63, 3.8) is 0 Å². The Hall–Kier alpha value is -0.120. The Morgan fingerprint density at radius 3 is 2.50 bits per heavy atom. The van der Waals surface area contributed by atoms with Gasteiger partial charge in [-0.05, 0) is 32.2 Å². The lowest BCUT2D eigenvalue weighted by Crippen LogP contribution is -2.41. The molecule has 1 saturated carbocycles. The van der Waals surface area contributed by atoms with Crippen LogP contribution < -0.4 is 5.32 Å². The molecule has 0 spiro atoms. The van der Waals surface area contributed by atoms with Crippen LogP contribution >= 0.6 is 0 Å². The summed E-state index contributed by atoms with van der Waals surface area (Å²) in [6, 6.07) is 0. The standard InChI is InChI=1S/C13H27NO2/c1-3-14-10-12(15)9-13(2,16)11-7-5-4-6-8-11/h11-12,14-16H,3-10H2,1-2H3/t12-,13+/m1/s1. The zero-order valence-corrected chi connectivity index (χ0v) is 10.7. The highest BCUT2D eigenvalue weighted by Crippen LogP contribution is 2.35. The van der Waals surface area contributed by atoms with Gasteiger partial charge in [0.15, 0.2) is 0 Å². The van der Waals surface area contributed by atoms with E-state index in [1.165, 1.54) is 19.3 Å². The lowest BCUT2D eigenvalue weighted by atomic mass is 9.75. The first-order valence-electron chi connectivity index (χ1n) is 6.67. The molecular weight excluding hydrogens is 202 g/mol. The van der Waals surface area contributed by atoms with Crippen LogP contribution in [0.5, 0.6) is 0 Å². The minimum atomic E-state index is -0.699. The van der Waals surface area contributed by atoms with Crippen molar-refractivity contribution < 1.29 is 10.2 Å². The van der Waals surface area contributed by atoms with Crippen molar-refractivity contribution in [3.8, 4) is 0 Å². The molecule has 16 heavy (non-hydrogen) atoms. The molecule has 1 aliphatic carbocycles. The van der Waals surface area contributed by atoms with E-state index < -0.39 is 11.7 Å². The molecule has 3 N–H and O–H groups in total. The largest absolute Gasteiger partial charge is 0.392 e. The Kier molecular flexibility index (Phi) is 5.73. The zero-order valence-electron chi connectivity index (χ0n) is 10.7. The van der Waals surface area contributed by atoms with Crippen LogP contribution in [0.1, 0.15) is 52.4 Å². The van der Waals surface area contributed by atoms with Gasteiger partial charge < -0.3 is 15.5 Å². The Morgan fingerprint density at radius 2 is 1.94 bits per heavy atom. The first-order chi connectivity index (χ1) is 7.56. The molecule has 96 valence electrons. The number of nitrogens with one attached hydrogen (secondary N) is 1. The fourth-order valence-corrected chi connectivity index (χ4v) is 2.75. The van der Waals surface area contributed by atoms with Crippen LogP contribution in [0.2, 0.25) is 0 Å². The van der Waals surface area contributed by atoms with Crippen molar-refractivity contribution in [2.75, 3.05) is 13.1 Å². The molecule has 0 unspecified atom stereocenters. The van der Waals surface area contributed by atoms with E-state index in [-0.39, 0.29) is 0 Å². The fraction of sp³-hybridized carbons (Fsp3) is 1.00. The fourth-order valence-electron chi connectivity index (χ4n) is 2.75. The molecule has 3 nitrogen and oxygen atoms in total. The second kappa shape index (κ2) is 6.58. The van der Waals surface area contributed by atoms with Gasteiger partial charge in [0.25, 0.3) is 0 Å². The summed E-state index contributed by atoms with van der Waals surface area (Å²) >= 11 is 0. The van der Waals surface area contributed by atoms with Crippen LogP contribution in [0, 0.1) is 5.92 Å². The van der Waals surface area contributed by atoms with Crippen LogP contribution in [-0.2, 0) is 0 Å². The van der Waals surface area contributed by atoms with E-state index >= 15 is 0 Å². The monoisotopic (exact) mass is 229 g/mol. The molecule has 1 fully saturated rings. The SMILES string of the molecule is CCNC[C@H](O)C[C@](C)(O)C1CCCCC1. The number of rotatable bonds is 6. The summed E-state index contributed by atoms with van der Waals surface area (Å²) in [4.78, 5) is 0. The Labute approximate surface area is 99.3 Å². The van der Waals surface area contributed by atoms with Crippen molar-refractivity contribution in [3.05, 3.63) is 0 Å². The van der Waals surface area contributed by atoms with Gasteiger partial charge in [-0.25, -0.2) is 0 Å². The molecule has 0 aromatic rings. The molecule has 0 radical (unpaired) electrons. The molecule has 0 heterocycles. The van der Waals surface area contributed by atoms with Crippen molar-refractivity contribution in [2.45, 2.75) is 64.1 Å². The molecule has 0 bridgehead atoms. The third kappa shape index (κ3) is 4.40. The molecule has 2 atom stereocenters. The highest BCUT2D eigenvalue weighted by atomic mass is 16.3. The van der Waals surface area contributed by atoms with E-state index in [4.69, 9.17) is 0 Å². The Morgan fingerprint density at radius 1 is 1.31 bits per heavy atom. The summed E-state index contributed by atoms with van der Waals surface area (Å²) in [6.07, 6.45) is 6.03. The second-order valence-electron chi connectivity index (χ2n) is 5.36. The topological polar surface area (TPSA) is 52.5 Å². The van der Waals surface area contributed by atoms with Gasteiger partial charge in [0, 0.05) is 13.0 Å². The second-order valence-corrected chi connectivity index (χ2v) is 5.36. The van der Waals surface area contributed by atoms with Crippen LogP contribution in [0.3, 0.4) is 0 Å². The maximum Gasteiger partial charge on any atom is 0.0691 e. The molecular formula is C13H27NO2. The summed E-state index contributed by atoms with van der Waals surface area (Å²) in [5.41, 5.74) is -0.699. The summed E-state index contributed by atoms with van der Waals surface area (Å²) in [5.74, 6) is 0.373. The van der Waals surface area contributed by atoms with Gasteiger partial charge in [0.1, 0.15) is 0 Å². The maximum atomic E-state index is 10.4. The predicted octanol–water partition coefficient (Wildman–Crippen LogP) is 1.68. The minimum Gasteiger partial charge on any atom is -0.392 e. The van der Waals surface area contributed by atoms with Gasteiger partial charge in [-0.1, -0.05) is 26.2 Å². The summed E-state index contributed by atoms with van der Waals surface area (Å²) in [7, 11) is 0. The van der Waals surface area contributed by atoms with Crippen LogP contribution in [0.15, 0.2) is 0 Å². The van der Waals surface area contributed by atoms with E-state index in [0.717, 1.165) is 19.4 Å². The Bertz CT molecular complexity index is 188. The number of aliphatic hydroxyl groups excluding tert-OH is 1. The summed E-state index contributed by atoms with van der Waals surface area (Å²) < 4.78 is 0. The molecule has 0 aromatic heterocycles. The van der Waals surface area contributed by atoms with Crippen LogP contribution in [0.4, 0.5) is 0 Å². The molecule has 0 saturated heterocycles. The first kappa shape index (κ1) is 13.9. The lowest BCUT2D eigenvalue weighted by Gasteiger charge is -2.37. The van der Waals surface area contributed by atoms with E-state index in [1.54, 1.807) is 0 Å². The predicted molar refractivity (Wildman–Crippen MR) is 66.4 cm³/mol. The number of likely N-dealkylation sites (N-methyl/N-ethyl adjacent to an activating group) is 1. The average Bonchev–Trinajstić information content (AvgIpc) is 2.27. The van der Waals surface area contributed by atoms with Crippen LogP contribution in [0.25, 0.3) is 0 Å². The molecule has 1 rings (SSSR count). The molecule has 0 aliphatic heterocycles. The molecule has 3 heteroatoms. The normalized spacial score (nSPS) is 24.0. The first-order valence-corrected chi connectivity index (χ1v) is 6.67. The van der Waals surface area contributed by atoms with E-state index in [0.29, 0.717) is 18.9 Å². The van der Waals surface area contributed by atoms with Crippen molar-refractivity contribution in [1.29, 1.82) is 0 Å².